The molecular weight excluding hydrogens is 456 g/mol. The molecule has 0 spiro atoms. The van der Waals surface area contributed by atoms with Gasteiger partial charge in [-0.15, -0.1) is 5.10 Å². The number of carbonyl (C=O) groups is 2. The van der Waals surface area contributed by atoms with Crippen LogP contribution in [0.15, 0.2) is 6.20 Å². The first-order chi connectivity index (χ1) is 17.5. The Morgan fingerprint density at radius 1 is 0.750 bits per heavy atom. The quantitative estimate of drug-likeness (QED) is 0.111. The highest BCUT2D eigenvalue weighted by molar-refractivity contribution is 6.05. The van der Waals surface area contributed by atoms with Crippen LogP contribution in [-0.4, -0.2) is 45.7 Å². The van der Waals surface area contributed by atoms with Gasteiger partial charge in [-0.1, -0.05) is 108 Å². The molecule has 2 N–H and O–H groups in total. The first kappa shape index (κ1) is 32.1. The zero-order valence-electron chi connectivity index (χ0n) is 23.3. The van der Waals surface area contributed by atoms with Gasteiger partial charge in [0.1, 0.15) is 0 Å². The molecule has 8 heteroatoms. The van der Waals surface area contributed by atoms with Gasteiger partial charge in [-0.25, -0.2) is 9.59 Å². The van der Waals surface area contributed by atoms with Crippen LogP contribution in [0.2, 0.25) is 0 Å². The second kappa shape index (κ2) is 20.1. The molecule has 0 atom stereocenters. The summed E-state index contributed by atoms with van der Waals surface area (Å²) >= 11 is 0. The minimum absolute atomic E-state index is 0.108. The largest absolute Gasteiger partial charge is 0.464 e. The third-order valence-electron chi connectivity index (χ3n) is 6.57. The third kappa shape index (κ3) is 13.4. The average molecular weight is 509 g/mol. The van der Waals surface area contributed by atoms with Gasteiger partial charge in [0.25, 0.3) is 0 Å². The van der Waals surface area contributed by atoms with Gasteiger partial charge in [0.2, 0.25) is 5.54 Å². The minimum atomic E-state index is -1.92. The van der Waals surface area contributed by atoms with Gasteiger partial charge in [-0.3, -0.25) is 4.68 Å². The van der Waals surface area contributed by atoms with Gasteiger partial charge < -0.3 is 15.2 Å². The van der Waals surface area contributed by atoms with Gasteiger partial charge in [0.15, 0.2) is 0 Å². The van der Waals surface area contributed by atoms with Crippen LogP contribution in [0.1, 0.15) is 129 Å². The first-order valence-electron chi connectivity index (χ1n) is 14.5. The fourth-order valence-corrected chi connectivity index (χ4v) is 4.38. The Hall–Kier alpha value is -1.96. The predicted molar refractivity (Wildman–Crippen MR) is 143 cm³/mol. The molecule has 0 aliphatic rings. The van der Waals surface area contributed by atoms with E-state index in [1.165, 1.54) is 89.9 Å². The van der Waals surface area contributed by atoms with Crippen molar-refractivity contribution >= 4 is 11.9 Å². The van der Waals surface area contributed by atoms with Crippen LogP contribution in [0, 0.1) is 0 Å². The van der Waals surface area contributed by atoms with E-state index in [1.807, 2.05) is 0 Å². The van der Waals surface area contributed by atoms with E-state index in [0.717, 1.165) is 19.4 Å². The molecule has 1 aromatic heterocycles. The predicted octanol–water partition coefficient (Wildman–Crippen LogP) is 5.91. The Labute approximate surface area is 219 Å². The van der Waals surface area contributed by atoms with Crippen LogP contribution in [0.5, 0.6) is 0 Å². The number of esters is 2. The van der Waals surface area contributed by atoms with E-state index in [2.05, 4.69) is 17.2 Å². The van der Waals surface area contributed by atoms with E-state index in [0.29, 0.717) is 5.69 Å². The number of nitrogens with zero attached hydrogens (tertiary/aromatic N) is 3. The van der Waals surface area contributed by atoms with Gasteiger partial charge >= 0.3 is 11.9 Å². The standard InChI is InChI=1S/C28H52N4O4/c1-4-7-8-9-10-11-12-13-14-15-16-17-18-19-20-21-22-32-24-25(30-31-32)23-28(29,26(33)35-5-2)27(34)36-6-3/h24H,4-23,29H2,1-3H3. The molecule has 0 aromatic carbocycles. The Morgan fingerprint density at radius 2 is 1.17 bits per heavy atom. The molecule has 208 valence electrons. The zero-order chi connectivity index (χ0) is 26.5. The van der Waals surface area contributed by atoms with Crippen LogP contribution in [0.25, 0.3) is 0 Å². The SMILES string of the molecule is CCCCCCCCCCCCCCCCCCn1cc(CC(N)(C(=O)OCC)C(=O)OCC)nn1. The molecule has 0 fully saturated rings. The van der Waals surface area contributed by atoms with Crippen molar-refractivity contribution in [1.82, 2.24) is 15.0 Å². The molecule has 1 aromatic rings. The summed E-state index contributed by atoms with van der Waals surface area (Å²) in [5.41, 5.74) is 4.66. The number of carbonyl (C=O) groups excluding carboxylic acids is 2. The van der Waals surface area contributed by atoms with Crippen molar-refractivity contribution in [3.63, 3.8) is 0 Å². The van der Waals surface area contributed by atoms with E-state index in [-0.39, 0.29) is 19.6 Å². The third-order valence-corrected chi connectivity index (χ3v) is 6.57. The number of rotatable bonds is 23. The Kier molecular flexibility index (Phi) is 17.9. The van der Waals surface area contributed by atoms with Crippen LogP contribution in [0.3, 0.4) is 0 Å². The molecule has 0 unspecified atom stereocenters. The van der Waals surface area contributed by atoms with Crippen molar-refractivity contribution in [2.45, 2.75) is 142 Å². The molecule has 0 bridgehead atoms. The second-order valence-corrected chi connectivity index (χ2v) is 9.87. The van der Waals surface area contributed by atoms with Crippen LogP contribution in [0.4, 0.5) is 0 Å². The lowest BCUT2D eigenvalue weighted by molar-refractivity contribution is -0.164. The number of unbranched alkanes of at least 4 members (excludes halogenated alkanes) is 15. The molecule has 0 aliphatic heterocycles. The minimum Gasteiger partial charge on any atom is -0.464 e. The molecule has 8 nitrogen and oxygen atoms in total. The summed E-state index contributed by atoms with van der Waals surface area (Å²) in [6, 6.07) is 0. The van der Waals surface area contributed by atoms with E-state index < -0.39 is 17.5 Å². The summed E-state index contributed by atoms with van der Waals surface area (Å²) < 4.78 is 11.7. The highest BCUT2D eigenvalue weighted by Gasteiger charge is 2.46. The Morgan fingerprint density at radius 3 is 1.58 bits per heavy atom. The zero-order valence-corrected chi connectivity index (χ0v) is 23.3. The molecule has 0 aliphatic carbocycles. The maximum absolute atomic E-state index is 12.3. The normalized spacial score (nSPS) is 11.6. The maximum Gasteiger partial charge on any atom is 0.338 e. The highest BCUT2D eigenvalue weighted by atomic mass is 16.6. The maximum atomic E-state index is 12.3. The Balaban J connectivity index is 2.14. The lowest BCUT2D eigenvalue weighted by Gasteiger charge is -2.23. The molecule has 36 heavy (non-hydrogen) atoms. The van der Waals surface area contributed by atoms with Crippen molar-refractivity contribution in [2.24, 2.45) is 5.73 Å². The number of ether oxygens (including phenoxy) is 2. The van der Waals surface area contributed by atoms with Crippen molar-refractivity contribution in [2.75, 3.05) is 13.2 Å². The average Bonchev–Trinajstić information content (AvgIpc) is 3.30. The Bertz CT molecular complexity index is 689. The van der Waals surface area contributed by atoms with Gasteiger partial charge in [0.05, 0.1) is 18.9 Å². The topological polar surface area (TPSA) is 109 Å². The molecule has 1 rings (SSSR count). The summed E-state index contributed by atoms with van der Waals surface area (Å²) in [6.45, 7) is 6.61. The van der Waals surface area contributed by atoms with E-state index in [9.17, 15) is 9.59 Å². The van der Waals surface area contributed by atoms with Gasteiger partial charge in [-0.05, 0) is 20.3 Å². The molecule has 0 saturated heterocycles. The van der Waals surface area contributed by atoms with E-state index >= 15 is 0 Å². The molecule has 1 heterocycles. The van der Waals surface area contributed by atoms with Crippen LogP contribution >= 0.6 is 0 Å². The molecule has 0 amide bonds. The lowest BCUT2D eigenvalue weighted by atomic mass is 9.95. The second-order valence-electron chi connectivity index (χ2n) is 9.87. The highest BCUT2D eigenvalue weighted by Crippen LogP contribution is 2.16. The summed E-state index contributed by atoms with van der Waals surface area (Å²) in [4.78, 5) is 24.7. The summed E-state index contributed by atoms with van der Waals surface area (Å²) in [5.74, 6) is -1.62. The fourth-order valence-electron chi connectivity index (χ4n) is 4.38. The van der Waals surface area contributed by atoms with Crippen LogP contribution in [-0.2, 0) is 32.0 Å². The van der Waals surface area contributed by atoms with Gasteiger partial charge in [0, 0.05) is 19.2 Å². The summed E-state index contributed by atoms with van der Waals surface area (Å²) in [5, 5.41) is 8.22. The number of nitrogens with two attached hydrogens (primary N) is 1. The molecular formula is C28H52N4O4. The first-order valence-corrected chi connectivity index (χ1v) is 14.5. The number of hydrogen-bond donors (Lipinski definition) is 1. The van der Waals surface area contributed by atoms with E-state index in [1.54, 1.807) is 24.7 Å². The summed E-state index contributed by atoms with van der Waals surface area (Å²) in [6.07, 6.45) is 23.0. The monoisotopic (exact) mass is 508 g/mol. The van der Waals surface area contributed by atoms with Crippen molar-refractivity contribution < 1.29 is 19.1 Å². The van der Waals surface area contributed by atoms with Gasteiger partial charge in [-0.2, -0.15) is 0 Å². The lowest BCUT2D eigenvalue weighted by Crippen LogP contribution is -2.58. The van der Waals surface area contributed by atoms with Crippen molar-refractivity contribution in [3.8, 4) is 0 Å². The number of hydrogen-bond acceptors (Lipinski definition) is 7. The van der Waals surface area contributed by atoms with Crippen molar-refractivity contribution in [3.05, 3.63) is 11.9 Å². The fraction of sp³-hybridized carbons (Fsp3) is 0.857. The van der Waals surface area contributed by atoms with Crippen LogP contribution < -0.4 is 5.73 Å². The smallest absolute Gasteiger partial charge is 0.338 e. The molecule has 0 saturated carbocycles. The van der Waals surface area contributed by atoms with Crippen molar-refractivity contribution in [1.29, 1.82) is 0 Å². The number of aryl methyl sites for hydroxylation is 1. The van der Waals surface area contributed by atoms with E-state index in [4.69, 9.17) is 15.2 Å². The molecule has 0 radical (unpaired) electrons. The number of aromatic nitrogens is 3. The summed E-state index contributed by atoms with van der Waals surface area (Å²) in [7, 11) is 0.